The van der Waals surface area contributed by atoms with Gasteiger partial charge in [0.25, 0.3) is 0 Å². The number of Topliss-reactive ketones (excluding diaryl/α,β-unsaturated/α-hetero) is 1. The van der Waals surface area contributed by atoms with Crippen molar-refractivity contribution in [3.8, 4) is 22.6 Å². The molecule has 0 amide bonds. The lowest BCUT2D eigenvalue weighted by molar-refractivity contribution is 0.0969. The molecule has 1 aromatic heterocycles. The van der Waals surface area contributed by atoms with E-state index < -0.39 is 0 Å². The molecule has 1 N–H and O–H groups in total. The van der Waals surface area contributed by atoms with E-state index >= 15 is 0 Å². The molecule has 2 aliphatic rings. The number of ether oxygens (including phenoxy) is 2. The van der Waals surface area contributed by atoms with E-state index in [4.69, 9.17) is 9.47 Å². The van der Waals surface area contributed by atoms with Crippen molar-refractivity contribution < 1.29 is 14.3 Å². The number of fused-ring (bicyclic) bond motifs is 1. The Kier molecular flexibility index (Phi) is 5.28. The fourth-order valence-electron chi connectivity index (χ4n) is 4.47. The molecule has 3 aromatic rings. The molecule has 3 heterocycles. The molecule has 154 valence electrons. The van der Waals surface area contributed by atoms with Crippen molar-refractivity contribution in [3.63, 3.8) is 0 Å². The van der Waals surface area contributed by atoms with Crippen LogP contribution in [0.25, 0.3) is 11.1 Å². The normalized spacial score (nSPS) is 18.5. The summed E-state index contributed by atoms with van der Waals surface area (Å²) in [6.45, 7) is 3.98. The molecule has 1 fully saturated rings. The summed E-state index contributed by atoms with van der Waals surface area (Å²) in [7, 11) is 0. The Morgan fingerprint density at radius 1 is 1.03 bits per heavy atom. The van der Waals surface area contributed by atoms with Crippen molar-refractivity contribution in [2.75, 3.05) is 32.8 Å². The van der Waals surface area contributed by atoms with Crippen LogP contribution in [0.1, 0.15) is 34.8 Å². The minimum absolute atomic E-state index is 0.184. The number of hydrogen-bond donors (Lipinski definition) is 1. The van der Waals surface area contributed by atoms with Crippen molar-refractivity contribution in [3.05, 3.63) is 72.1 Å². The predicted molar refractivity (Wildman–Crippen MR) is 116 cm³/mol. The second-order valence-electron chi connectivity index (χ2n) is 7.99. The first-order valence-electron chi connectivity index (χ1n) is 10.7. The Morgan fingerprint density at radius 2 is 1.90 bits per heavy atom. The summed E-state index contributed by atoms with van der Waals surface area (Å²) in [6, 6.07) is 18.0. The summed E-state index contributed by atoms with van der Waals surface area (Å²) in [4.78, 5) is 18.8. The topological polar surface area (TPSA) is 54.6 Å². The summed E-state index contributed by atoms with van der Waals surface area (Å²) in [5.74, 6) is 2.23. The highest BCUT2D eigenvalue weighted by atomic mass is 16.6. The third-order valence-electron chi connectivity index (χ3n) is 6.07. The average Bonchev–Trinajstić information content (AvgIpc) is 3.49. The van der Waals surface area contributed by atoms with Crippen molar-refractivity contribution in [1.29, 1.82) is 0 Å². The Bertz CT molecular complexity index is 1030. The zero-order chi connectivity index (χ0) is 20.3. The van der Waals surface area contributed by atoms with Crippen LogP contribution in [0.3, 0.4) is 0 Å². The number of carbonyl (C=O) groups excluding carboxylic acids is 1. The molecule has 5 heteroatoms. The minimum atomic E-state index is 0.184. The van der Waals surface area contributed by atoms with Crippen molar-refractivity contribution in [1.82, 2.24) is 9.88 Å². The molecule has 30 heavy (non-hydrogen) atoms. The largest absolute Gasteiger partial charge is 0.486 e. The second-order valence-corrected chi connectivity index (χ2v) is 7.99. The van der Waals surface area contributed by atoms with E-state index in [0.29, 0.717) is 25.6 Å². The molecule has 1 unspecified atom stereocenters. The molecule has 0 saturated carbocycles. The first-order chi connectivity index (χ1) is 14.8. The van der Waals surface area contributed by atoms with E-state index in [9.17, 15) is 4.79 Å². The van der Waals surface area contributed by atoms with Crippen LogP contribution in [0.15, 0.2) is 60.8 Å². The molecule has 0 spiro atoms. The number of benzene rings is 2. The number of hydrogen-bond acceptors (Lipinski definition) is 4. The summed E-state index contributed by atoms with van der Waals surface area (Å²) < 4.78 is 11.3. The molecule has 1 saturated heterocycles. The SMILES string of the molecule is O=C(CCN1CCC(c2ccc[nH]2)C1)c1ccccc1-c1ccc2c(c1)OCCO2. The van der Waals surface area contributed by atoms with Gasteiger partial charge in [0.15, 0.2) is 17.3 Å². The first-order valence-corrected chi connectivity index (χ1v) is 10.7. The maximum Gasteiger partial charge on any atom is 0.164 e. The van der Waals surface area contributed by atoms with E-state index in [-0.39, 0.29) is 5.78 Å². The number of aromatic nitrogens is 1. The lowest BCUT2D eigenvalue weighted by Gasteiger charge is -2.19. The van der Waals surface area contributed by atoms with Gasteiger partial charge in [-0.15, -0.1) is 0 Å². The van der Waals surface area contributed by atoms with Gasteiger partial charge >= 0.3 is 0 Å². The van der Waals surface area contributed by atoms with Crippen molar-refractivity contribution >= 4 is 5.78 Å². The highest BCUT2D eigenvalue weighted by molar-refractivity contribution is 6.02. The van der Waals surface area contributed by atoms with Gasteiger partial charge in [-0.1, -0.05) is 30.3 Å². The summed E-state index contributed by atoms with van der Waals surface area (Å²) in [6.07, 6.45) is 3.65. The molecule has 5 nitrogen and oxygen atoms in total. The van der Waals surface area contributed by atoms with Gasteiger partial charge in [0.2, 0.25) is 0 Å². The standard InChI is InChI=1S/C25H26N2O3/c28-23(10-13-27-12-9-19(17-27)22-6-3-11-26-22)21-5-2-1-4-20(21)18-7-8-24-25(16-18)30-15-14-29-24/h1-8,11,16,19,26H,9-10,12-15,17H2. The van der Waals surface area contributed by atoms with Crippen LogP contribution in [0, 0.1) is 0 Å². The molecular formula is C25H26N2O3. The number of nitrogens with one attached hydrogen (secondary N) is 1. The number of aromatic amines is 1. The maximum absolute atomic E-state index is 13.1. The highest BCUT2D eigenvalue weighted by Gasteiger charge is 2.25. The van der Waals surface area contributed by atoms with Crippen LogP contribution >= 0.6 is 0 Å². The molecule has 0 radical (unpaired) electrons. The fourth-order valence-corrected chi connectivity index (χ4v) is 4.47. The van der Waals surface area contributed by atoms with E-state index in [1.807, 2.05) is 48.7 Å². The number of rotatable bonds is 6. The van der Waals surface area contributed by atoms with Gasteiger partial charge in [-0.25, -0.2) is 0 Å². The number of H-pyrrole nitrogens is 1. The highest BCUT2D eigenvalue weighted by Crippen LogP contribution is 2.36. The lowest BCUT2D eigenvalue weighted by atomic mass is 9.95. The lowest BCUT2D eigenvalue weighted by Crippen LogP contribution is -2.24. The number of nitrogens with zero attached hydrogens (tertiary/aromatic N) is 1. The van der Waals surface area contributed by atoms with Crippen LogP contribution in [0.4, 0.5) is 0 Å². The van der Waals surface area contributed by atoms with E-state index in [2.05, 4.69) is 22.0 Å². The van der Waals surface area contributed by atoms with Gasteiger partial charge in [0, 0.05) is 42.9 Å². The van der Waals surface area contributed by atoms with E-state index in [1.165, 1.54) is 5.69 Å². The van der Waals surface area contributed by atoms with Crippen LogP contribution in [0.2, 0.25) is 0 Å². The summed E-state index contributed by atoms with van der Waals surface area (Å²) >= 11 is 0. The predicted octanol–water partition coefficient (Wildman–Crippen LogP) is 4.52. The maximum atomic E-state index is 13.1. The number of carbonyl (C=O) groups is 1. The summed E-state index contributed by atoms with van der Waals surface area (Å²) in [5.41, 5.74) is 4.00. The minimum Gasteiger partial charge on any atom is -0.486 e. The van der Waals surface area contributed by atoms with Crippen LogP contribution in [-0.4, -0.2) is 48.5 Å². The Hall–Kier alpha value is -3.05. The molecule has 2 aromatic carbocycles. The second kappa shape index (κ2) is 8.36. The van der Waals surface area contributed by atoms with E-state index in [1.54, 1.807) is 0 Å². The van der Waals surface area contributed by atoms with Gasteiger partial charge in [0.1, 0.15) is 13.2 Å². The smallest absolute Gasteiger partial charge is 0.164 e. The molecule has 0 bridgehead atoms. The molecule has 0 aliphatic carbocycles. The molecule has 5 rings (SSSR count). The van der Waals surface area contributed by atoms with Crippen molar-refractivity contribution in [2.45, 2.75) is 18.8 Å². The Morgan fingerprint density at radius 3 is 2.77 bits per heavy atom. The number of ketones is 1. The Labute approximate surface area is 176 Å². The average molecular weight is 402 g/mol. The molecular weight excluding hydrogens is 376 g/mol. The Balaban J connectivity index is 1.28. The third kappa shape index (κ3) is 3.85. The molecule has 1 atom stereocenters. The zero-order valence-electron chi connectivity index (χ0n) is 17.0. The van der Waals surface area contributed by atoms with E-state index in [0.717, 1.165) is 54.2 Å². The van der Waals surface area contributed by atoms with Crippen LogP contribution in [0.5, 0.6) is 11.5 Å². The van der Waals surface area contributed by atoms with Crippen molar-refractivity contribution in [2.24, 2.45) is 0 Å². The third-order valence-corrected chi connectivity index (χ3v) is 6.07. The van der Waals surface area contributed by atoms with Gasteiger partial charge in [0.05, 0.1) is 0 Å². The zero-order valence-corrected chi connectivity index (χ0v) is 17.0. The van der Waals surface area contributed by atoms with Crippen LogP contribution < -0.4 is 9.47 Å². The van der Waals surface area contributed by atoms with Crippen LogP contribution in [-0.2, 0) is 0 Å². The number of likely N-dealkylation sites (tertiary alicyclic amines) is 1. The fraction of sp³-hybridized carbons (Fsp3) is 0.320. The quantitative estimate of drug-likeness (QED) is 0.616. The monoisotopic (exact) mass is 402 g/mol. The summed E-state index contributed by atoms with van der Waals surface area (Å²) in [5, 5.41) is 0. The van der Waals surface area contributed by atoms with Gasteiger partial charge < -0.3 is 19.4 Å². The van der Waals surface area contributed by atoms with Gasteiger partial charge in [-0.05, 0) is 48.4 Å². The first kappa shape index (κ1) is 18.9. The van der Waals surface area contributed by atoms with Gasteiger partial charge in [-0.3, -0.25) is 4.79 Å². The van der Waals surface area contributed by atoms with Gasteiger partial charge in [-0.2, -0.15) is 0 Å². The molecule has 2 aliphatic heterocycles.